The van der Waals surface area contributed by atoms with Crippen LogP contribution in [0.5, 0.6) is 0 Å². The predicted octanol–water partition coefficient (Wildman–Crippen LogP) is 3.21. The van der Waals surface area contributed by atoms with Crippen molar-refractivity contribution >= 4 is 57.8 Å². The highest BCUT2D eigenvalue weighted by atomic mass is 35.5. The van der Waals surface area contributed by atoms with Crippen LogP contribution in [0.1, 0.15) is 16.1 Å². The van der Waals surface area contributed by atoms with E-state index in [1.54, 1.807) is 36.5 Å². The van der Waals surface area contributed by atoms with Crippen LogP contribution < -0.4 is 5.43 Å². The van der Waals surface area contributed by atoms with Gasteiger partial charge in [-0.2, -0.15) is 5.01 Å². The van der Waals surface area contributed by atoms with Crippen LogP contribution in [0.25, 0.3) is 6.08 Å². The summed E-state index contributed by atoms with van der Waals surface area (Å²) in [6.07, 6.45) is 3.44. The predicted molar refractivity (Wildman–Crippen MR) is 94.7 cm³/mol. The molecule has 5 nitrogen and oxygen atoms in total. The summed E-state index contributed by atoms with van der Waals surface area (Å²) in [5.74, 6) is -0.872. The van der Waals surface area contributed by atoms with Gasteiger partial charge < -0.3 is 4.98 Å². The SMILES string of the molecule is O=C(NN1C(=O)/C(=C\c2ccc[nH]2)SC1=S)c1ccccc1Cl. The lowest BCUT2D eigenvalue weighted by Gasteiger charge is -2.16. The number of carbonyl (C=O) groups excluding carboxylic acids is 2. The van der Waals surface area contributed by atoms with E-state index >= 15 is 0 Å². The number of nitrogens with zero attached hydrogens (tertiary/aromatic N) is 1. The van der Waals surface area contributed by atoms with Crippen molar-refractivity contribution in [2.75, 3.05) is 0 Å². The number of aromatic nitrogens is 1. The van der Waals surface area contributed by atoms with Gasteiger partial charge in [0.2, 0.25) is 0 Å². The van der Waals surface area contributed by atoms with Crippen LogP contribution >= 0.6 is 35.6 Å². The summed E-state index contributed by atoms with van der Waals surface area (Å²) in [4.78, 5) is 28.0. The molecule has 2 aromatic rings. The van der Waals surface area contributed by atoms with Crippen LogP contribution in [0, 0.1) is 0 Å². The standard InChI is InChI=1S/C15H10ClN3O2S2/c16-11-6-2-1-5-10(11)13(20)18-19-14(21)12(23-15(19)22)8-9-4-3-7-17-9/h1-8,17H,(H,18,20)/b12-8+. The first kappa shape index (κ1) is 15.8. The topological polar surface area (TPSA) is 65.2 Å². The molecule has 116 valence electrons. The van der Waals surface area contributed by atoms with E-state index in [0.717, 1.165) is 22.5 Å². The largest absolute Gasteiger partial charge is 0.362 e. The third-order valence-electron chi connectivity index (χ3n) is 3.03. The van der Waals surface area contributed by atoms with Crippen molar-refractivity contribution < 1.29 is 9.59 Å². The first-order valence-corrected chi connectivity index (χ1v) is 8.13. The van der Waals surface area contributed by atoms with Gasteiger partial charge in [0.05, 0.1) is 15.5 Å². The quantitative estimate of drug-likeness (QED) is 0.649. The minimum Gasteiger partial charge on any atom is -0.362 e. The molecule has 1 aromatic carbocycles. The molecule has 0 aliphatic carbocycles. The zero-order valence-corrected chi connectivity index (χ0v) is 14.0. The first-order chi connectivity index (χ1) is 11.1. The zero-order chi connectivity index (χ0) is 16.4. The highest BCUT2D eigenvalue weighted by Crippen LogP contribution is 2.31. The number of benzene rings is 1. The van der Waals surface area contributed by atoms with E-state index in [1.807, 2.05) is 12.1 Å². The molecule has 0 radical (unpaired) electrons. The minimum atomic E-state index is -0.493. The van der Waals surface area contributed by atoms with Gasteiger partial charge in [0.25, 0.3) is 11.8 Å². The second-order valence-corrected chi connectivity index (χ2v) is 6.65. The molecule has 3 rings (SSSR count). The third-order valence-corrected chi connectivity index (χ3v) is 4.67. The Kier molecular flexibility index (Phi) is 4.51. The van der Waals surface area contributed by atoms with Crippen LogP contribution in [0.3, 0.4) is 0 Å². The smallest absolute Gasteiger partial charge is 0.285 e. The fourth-order valence-corrected chi connectivity index (χ4v) is 3.34. The number of H-pyrrole nitrogens is 1. The number of amides is 2. The normalized spacial score (nSPS) is 16.2. The van der Waals surface area contributed by atoms with Gasteiger partial charge in [-0.05, 0) is 42.6 Å². The first-order valence-electron chi connectivity index (χ1n) is 6.53. The molecule has 0 saturated carbocycles. The summed E-state index contributed by atoms with van der Waals surface area (Å²) in [5, 5.41) is 1.36. The van der Waals surface area contributed by atoms with Gasteiger partial charge in [-0.25, -0.2) is 0 Å². The van der Waals surface area contributed by atoms with E-state index in [2.05, 4.69) is 10.4 Å². The Labute approximate surface area is 146 Å². The molecule has 0 unspecified atom stereocenters. The molecule has 1 fully saturated rings. The minimum absolute atomic E-state index is 0.258. The highest BCUT2D eigenvalue weighted by Gasteiger charge is 2.34. The lowest BCUT2D eigenvalue weighted by Crippen LogP contribution is -2.44. The molecular weight excluding hydrogens is 354 g/mol. The molecule has 0 bridgehead atoms. The number of rotatable bonds is 3. The molecule has 8 heteroatoms. The van der Waals surface area contributed by atoms with Crippen molar-refractivity contribution in [3.63, 3.8) is 0 Å². The van der Waals surface area contributed by atoms with Gasteiger partial charge >= 0.3 is 0 Å². The van der Waals surface area contributed by atoms with Crippen LogP contribution in [0.2, 0.25) is 5.02 Å². The molecule has 1 aliphatic rings. The summed E-state index contributed by atoms with van der Waals surface area (Å²) in [5.41, 5.74) is 3.55. The maximum atomic E-state index is 12.4. The number of hydrogen-bond donors (Lipinski definition) is 2. The second kappa shape index (κ2) is 6.57. The van der Waals surface area contributed by atoms with Crippen molar-refractivity contribution in [1.82, 2.24) is 15.4 Å². The Balaban J connectivity index is 1.79. The van der Waals surface area contributed by atoms with E-state index < -0.39 is 5.91 Å². The molecule has 1 aliphatic heterocycles. The number of nitrogens with one attached hydrogen (secondary N) is 2. The molecule has 0 spiro atoms. The van der Waals surface area contributed by atoms with Crippen molar-refractivity contribution in [2.24, 2.45) is 0 Å². The summed E-state index contributed by atoms with van der Waals surface area (Å²) in [6.45, 7) is 0. The second-order valence-electron chi connectivity index (χ2n) is 4.56. The molecule has 2 amide bonds. The Hall–Kier alpha value is -2.09. The molecule has 1 aromatic heterocycles. The van der Waals surface area contributed by atoms with Gasteiger partial charge in [0.15, 0.2) is 4.32 Å². The number of aromatic amines is 1. The van der Waals surface area contributed by atoms with Crippen molar-refractivity contribution in [3.05, 3.63) is 63.8 Å². The van der Waals surface area contributed by atoms with E-state index in [0.29, 0.717) is 9.93 Å². The summed E-state index contributed by atoms with van der Waals surface area (Å²) in [6, 6.07) is 10.2. The number of hydrogen-bond acceptors (Lipinski definition) is 4. The van der Waals surface area contributed by atoms with Gasteiger partial charge in [0.1, 0.15) is 0 Å². The third kappa shape index (κ3) is 3.31. The van der Waals surface area contributed by atoms with E-state index in [9.17, 15) is 9.59 Å². The number of carbonyl (C=O) groups is 2. The average Bonchev–Trinajstić information content (AvgIpc) is 3.12. The molecule has 23 heavy (non-hydrogen) atoms. The van der Waals surface area contributed by atoms with Crippen molar-refractivity contribution in [1.29, 1.82) is 0 Å². The Morgan fingerprint density at radius 2 is 2.09 bits per heavy atom. The van der Waals surface area contributed by atoms with Crippen LogP contribution in [0.15, 0.2) is 47.5 Å². The summed E-state index contributed by atoms with van der Waals surface area (Å²) in [7, 11) is 0. The highest BCUT2D eigenvalue weighted by molar-refractivity contribution is 8.26. The van der Waals surface area contributed by atoms with Crippen molar-refractivity contribution in [3.8, 4) is 0 Å². The fraction of sp³-hybridized carbons (Fsp3) is 0. The van der Waals surface area contributed by atoms with Gasteiger partial charge in [-0.1, -0.05) is 35.5 Å². The van der Waals surface area contributed by atoms with Crippen LogP contribution in [-0.2, 0) is 4.79 Å². The number of hydrazine groups is 1. The fourth-order valence-electron chi connectivity index (χ4n) is 1.95. The average molecular weight is 364 g/mol. The van der Waals surface area contributed by atoms with Crippen LogP contribution in [0.4, 0.5) is 0 Å². The lowest BCUT2D eigenvalue weighted by molar-refractivity contribution is -0.123. The number of thiocarbonyl (C=S) groups is 1. The number of halogens is 1. The van der Waals surface area contributed by atoms with Gasteiger partial charge in [0, 0.05) is 11.9 Å². The molecule has 2 N–H and O–H groups in total. The molecular formula is C15H10ClN3O2S2. The monoisotopic (exact) mass is 363 g/mol. The molecule has 2 heterocycles. The van der Waals surface area contributed by atoms with E-state index in [1.165, 1.54) is 0 Å². The maximum Gasteiger partial charge on any atom is 0.285 e. The van der Waals surface area contributed by atoms with E-state index in [4.69, 9.17) is 23.8 Å². The molecule has 1 saturated heterocycles. The summed E-state index contributed by atoms with van der Waals surface area (Å²) < 4.78 is 0.258. The Morgan fingerprint density at radius 3 is 2.78 bits per heavy atom. The number of thioether (sulfide) groups is 1. The maximum absolute atomic E-state index is 12.4. The summed E-state index contributed by atoms with van der Waals surface area (Å²) >= 11 is 12.3. The molecule has 0 atom stereocenters. The van der Waals surface area contributed by atoms with Gasteiger partial charge in [-0.3, -0.25) is 15.0 Å². The van der Waals surface area contributed by atoms with Crippen LogP contribution in [-0.4, -0.2) is 26.1 Å². The Bertz CT molecular complexity index is 818. The van der Waals surface area contributed by atoms with E-state index in [-0.39, 0.29) is 15.8 Å². The van der Waals surface area contributed by atoms with Crippen molar-refractivity contribution in [2.45, 2.75) is 0 Å². The Morgan fingerprint density at radius 1 is 1.30 bits per heavy atom. The lowest BCUT2D eigenvalue weighted by atomic mass is 10.2. The zero-order valence-electron chi connectivity index (χ0n) is 11.6. The van der Waals surface area contributed by atoms with Gasteiger partial charge in [-0.15, -0.1) is 0 Å².